The summed E-state index contributed by atoms with van der Waals surface area (Å²) in [5.41, 5.74) is 2.00. The molecule has 10 heteroatoms. The molecule has 0 saturated carbocycles. The van der Waals surface area contributed by atoms with Gasteiger partial charge in [0.2, 0.25) is 0 Å². The zero-order chi connectivity index (χ0) is 26.4. The van der Waals surface area contributed by atoms with Crippen LogP contribution in [0.15, 0.2) is 50.8 Å². The Morgan fingerprint density at radius 2 is 1.89 bits per heavy atom. The average Bonchev–Trinajstić information content (AvgIpc) is 3.19. The number of benzene rings is 2. The fourth-order valence-corrected chi connectivity index (χ4v) is 5.64. The summed E-state index contributed by atoms with van der Waals surface area (Å²) in [6.45, 7) is 9.47. The average molecular weight is 589 g/mol. The van der Waals surface area contributed by atoms with Gasteiger partial charge >= 0.3 is 0 Å². The molecule has 2 aliphatic rings. The van der Waals surface area contributed by atoms with Crippen molar-refractivity contribution in [3.63, 3.8) is 0 Å². The number of nitrogens with zero attached hydrogens (tertiary/aromatic N) is 3. The second kappa shape index (κ2) is 12.6. The van der Waals surface area contributed by atoms with Gasteiger partial charge in [0.1, 0.15) is 0 Å². The van der Waals surface area contributed by atoms with Crippen LogP contribution in [0.4, 0.5) is 5.69 Å². The Hall–Kier alpha value is -2.82. The van der Waals surface area contributed by atoms with E-state index < -0.39 is 0 Å². The van der Waals surface area contributed by atoms with Gasteiger partial charge in [-0.3, -0.25) is 14.5 Å². The zero-order valence-electron chi connectivity index (χ0n) is 21.2. The first-order valence-electron chi connectivity index (χ1n) is 12.3. The third-order valence-corrected chi connectivity index (χ3v) is 7.33. The monoisotopic (exact) mass is 587 g/mol. The van der Waals surface area contributed by atoms with Crippen molar-refractivity contribution in [2.24, 2.45) is 4.99 Å². The SMILES string of the molecule is CCOc1cc(/C=C2/SC(=Nc3cccc(C(=O)N4CCOCC4)c3)N(CC)C2=O)cc(Br)c1OCC. The van der Waals surface area contributed by atoms with Crippen LogP contribution in [0.1, 0.15) is 36.7 Å². The van der Waals surface area contributed by atoms with Crippen molar-refractivity contribution in [2.45, 2.75) is 20.8 Å². The summed E-state index contributed by atoms with van der Waals surface area (Å²) in [6, 6.07) is 11.0. The number of rotatable bonds is 8. The van der Waals surface area contributed by atoms with E-state index in [9.17, 15) is 9.59 Å². The Balaban J connectivity index is 1.61. The topological polar surface area (TPSA) is 80.7 Å². The van der Waals surface area contributed by atoms with Crippen LogP contribution in [0.25, 0.3) is 6.08 Å². The molecule has 0 aliphatic carbocycles. The van der Waals surface area contributed by atoms with Crippen LogP contribution in [-0.4, -0.2) is 72.8 Å². The van der Waals surface area contributed by atoms with E-state index in [2.05, 4.69) is 15.9 Å². The second-order valence-electron chi connectivity index (χ2n) is 8.21. The fourth-order valence-electron chi connectivity index (χ4n) is 4.01. The fraction of sp³-hybridized carbons (Fsp3) is 0.370. The number of likely N-dealkylation sites (N-methyl/N-ethyl adjacent to an activating group) is 1. The molecule has 4 rings (SSSR count). The molecule has 2 heterocycles. The first kappa shape index (κ1) is 27.2. The summed E-state index contributed by atoms with van der Waals surface area (Å²) in [5, 5.41) is 0.574. The maximum atomic E-state index is 13.2. The molecule has 0 bridgehead atoms. The van der Waals surface area contributed by atoms with Gasteiger partial charge in [0.25, 0.3) is 11.8 Å². The van der Waals surface area contributed by atoms with E-state index in [0.29, 0.717) is 78.9 Å². The Morgan fingerprint density at radius 1 is 1.14 bits per heavy atom. The van der Waals surface area contributed by atoms with Gasteiger partial charge in [-0.15, -0.1) is 0 Å². The number of morpholine rings is 1. The lowest BCUT2D eigenvalue weighted by atomic mass is 10.1. The number of amides is 2. The Kier molecular flexibility index (Phi) is 9.28. The third kappa shape index (κ3) is 6.37. The van der Waals surface area contributed by atoms with Gasteiger partial charge in [-0.05, 0) is 90.4 Å². The number of hydrogen-bond acceptors (Lipinski definition) is 7. The number of ether oxygens (including phenoxy) is 3. The molecule has 0 aromatic heterocycles. The van der Waals surface area contributed by atoms with E-state index >= 15 is 0 Å². The highest BCUT2D eigenvalue weighted by Gasteiger charge is 2.32. The number of aliphatic imine (C=N–C) groups is 1. The number of carbonyl (C=O) groups excluding carboxylic acids is 2. The number of amidine groups is 1. The first-order chi connectivity index (χ1) is 17.9. The molecule has 37 heavy (non-hydrogen) atoms. The molecule has 2 aliphatic heterocycles. The number of carbonyl (C=O) groups is 2. The number of hydrogen-bond donors (Lipinski definition) is 0. The minimum atomic E-state index is -0.116. The van der Waals surface area contributed by atoms with Crippen molar-refractivity contribution in [3.8, 4) is 11.5 Å². The summed E-state index contributed by atoms with van der Waals surface area (Å²) in [7, 11) is 0. The predicted octanol–water partition coefficient (Wildman–Crippen LogP) is 5.34. The molecule has 2 aromatic rings. The maximum absolute atomic E-state index is 13.2. The maximum Gasteiger partial charge on any atom is 0.266 e. The Labute approximate surface area is 229 Å². The second-order valence-corrected chi connectivity index (χ2v) is 10.1. The molecule has 0 N–H and O–H groups in total. The van der Waals surface area contributed by atoms with E-state index in [-0.39, 0.29) is 11.8 Å². The van der Waals surface area contributed by atoms with Crippen LogP contribution in [-0.2, 0) is 9.53 Å². The lowest BCUT2D eigenvalue weighted by Crippen LogP contribution is -2.40. The van der Waals surface area contributed by atoms with Crippen LogP contribution in [0.5, 0.6) is 11.5 Å². The molecule has 2 aromatic carbocycles. The first-order valence-corrected chi connectivity index (χ1v) is 13.9. The van der Waals surface area contributed by atoms with Crippen molar-refractivity contribution in [2.75, 3.05) is 46.1 Å². The predicted molar refractivity (Wildman–Crippen MR) is 150 cm³/mol. The van der Waals surface area contributed by atoms with Crippen LogP contribution < -0.4 is 9.47 Å². The molecule has 0 spiro atoms. The Morgan fingerprint density at radius 3 is 2.59 bits per heavy atom. The van der Waals surface area contributed by atoms with Crippen LogP contribution >= 0.6 is 27.7 Å². The molecule has 0 atom stereocenters. The molecule has 2 amide bonds. The summed E-state index contributed by atoms with van der Waals surface area (Å²) in [4.78, 5) is 34.8. The van der Waals surface area contributed by atoms with E-state index in [0.717, 1.165) is 10.0 Å². The van der Waals surface area contributed by atoms with E-state index in [1.54, 1.807) is 21.9 Å². The standard InChI is InChI=1S/C27H30BrN3O5S/c1-4-31-26(33)23(16-18-14-21(28)24(36-6-3)22(15-18)35-5-2)37-27(31)29-20-9-7-8-19(17-20)25(32)30-10-12-34-13-11-30/h7-9,14-17H,4-6,10-13H2,1-3H3/b23-16+,29-27?. The molecule has 0 radical (unpaired) electrons. The van der Waals surface area contributed by atoms with Gasteiger partial charge in [-0.25, -0.2) is 4.99 Å². The quantitative estimate of drug-likeness (QED) is 0.388. The van der Waals surface area contributed by atoms with E-state index in [1.807, 2.05) is 51.1 Å². The minimum Gasteiger partial charge on any atom is -0.490 e. The zero-order valence-corrected chi connectivity index (χ0v) is 23.6. The number of halogens is 1. The number of thioether (sulfide) groups is 1. The van der Waals surface area contributed by atoms with Crippen molar-refractivity contribution >= 4 is 56.4 Å². The summed E-state index contributed by atoms with van der Waals surface area (Å²) >= 11 is 4.88. The van der Waals surface area contributed by atoms with Gasteiger partial charge in [-0.2, -0.15) is 0 Å². The normalized spacial score (nSPS) is 18.1. The van der Waals surface area contributed by atoms with E-state index in [4.69, 9.17) is 19.2 Å². The Bertz CT molecular complexity index is 1230. The molecular formula is C27H30BrN3O5S. The minimum absolute atomic E-state index is 0.0420. The van der Waals surface area contributed by atoms with E-state index in [1.165, 1.54) is 11.8 Å². The van der Waals surface area contributed by atoms with Gasteiger partial charge in [0.15, 0.2) is 16.7 Å². The molecule has 8 nitrogen and oxygen atoms in total. The van der Waals surface area contributed by atoms with Crippen LogP contribution in [0.3, 0.4) is 0 Å². The molecular weight excluding hydrogens is 558 g/mol. The summed E-state index contributed by atoms with van der Waals surface area (Å²) in [5.74, 6) is 1.10. The van der Waals surface area contributed by atoms with Crippen molar-refractivity contribution in [1.82, 2.24) is 9.80 Å². The largest absolute Gasteiger partial charge is 0.490 e. The highest BCUT2D eigenvalue weighted by molar-refractivity contribution is 9.10. The smallest absolute Gasteiger partial charge is 0.266 e. The lowest BCUT2D eigenvalue weighted by Gasteiger charge is -2.26. The highest BCUT2D eigenvalue weighted by atomic mass is 79.9. The van der Waals surface area contributed by atoms with Crippen molar-refractivity contribution < 1.29 is 23.8 Å². The summed E-state index contributed by atoms with van der Waals surface area (Å²) in [6.07, 6.45) is 1.83. The molecule has 2 saturated heterocycles. The van der Waals surface area contributed by atoms with Gasteiger partial charge in [0, 0.05) is 25.2 Å². The van der Waals surface area contributed by atoms with Gasteiger partial charge < -0.3 is 19.1 Å². The molecule has 2 fully saturated rings. The van der Waals surface area contributed by atoms with Gasteiger partial charge in [0.05, 0.1) is 41.5 Å². The summed E-state index contributed by atoms with van der Waals surface area (Å²) < 4.78 is 17.6. The highest BCUT2D eigenvalue weighted by Crippen LogP contribution is 2.39. The third-order valence-electron chi connectivity index (χ3n) is 5.74. The lowest BCUT2D eigenvalue weighted by molar-refractivity contribution is -0.122. The van der Waals surface area contributed by atoms with Gasteiger partial charge in [-0.1, -0.05) is 6.07 Å². The molecule has 0 unspecified atom stereocenters. The molecule has 196 valence electrons. The van der Waals surface area contributed by atoms with Crippen molar-refractivity contribution in [3.05, 3.63) is 56.9 Å². The van der Waals surface area contributed by atoms with Crippen LogP contribution in [0.2, 0.25) is 0 Å². The van der Waals surface area contributed by atoms with Crippen LogP contribution in [0, 0.1) is 0 Å². The van der Waals surface area contributed by atoms with Crippen molar-refractivity contribution in [1.29, 1.82) is 0 Å².